The molecule has 0 spiro atoms. The summed E-state index contributed by atoms with van der Waals surface area (Å²) in [5.41, 5.74) is 10.6. The van der Waals surface area contributed by atoms with Crippen LogP contribution in [0.25, 0.3) is 0 Å². The minimum atomic E-state index is 0.249. The monoisotopic (exact) mass is 189 g/mol. The second-order valence-corrected chi connectivity index (χ2v) is 5.12. The van der Waals surface area contributed by atoms with Gasteiger partial charge in [-0.1, -0.05) is 37.6 Å². The minimum absolute atomic E-state index is 0.249. The van der Waals surface area contributed by atoms with Crippen molar-refractivity contribution in [2.45, 2.75) is 45.1 Å². The Bertz CT molecular complexity index is 352. The molecule has 1 aromatic rings. The van der Waals surface area contributed by atoms with Gasteiger partial charge in [-0.05, 0) is 36.3 Å². The molecular weight excluding hydrogens is 170 g/mol. The Labute approximate surface area is 86.3 Å². The van der Waals surface area contributed by atoms with Crippen molar-refractivity contribution in [3.8, 4) is 0 Å². The molecule has 1 aromatic carbocycles. The van der Waals surface area contributed by atoms with Gasteiger partial charge in [-0.3, -0.25) is 0 Å². The van der Waals surface area contributed by atoms with E-state index in [1.165, 1.54) is 23.1 Å². The molecule has 0 radical (unpaired) electrons. The van der Waals surface area contributed by atoms with Crippen molar-refractivity contribution in [3.63, 3.8) is 0 Å². The molecule has 0 aromatic heterocycles. The molecule has 76 valence electrons. The molecule has 1 atom stereocenters. The van der Waals surface area contributed by atoms with Crippen molar-refractivity contribution in [3.05, 3.63) is 34.9 Å². The van der Waals surface area contributed by atoms with Crippen molar-refractivity contribution in [1.82, 2.24) is 0 Å². The summed E-state index contributed by atoms with van der Waals surface area (Å²) < 4.78 is 0. The fraction of sp³-hybridized carbons (Fsp3) is 0.538. The molecule has 0 bridgehead atoms. The van der Waals surface area contributed by atoms with E-state index in [1.54, 1.807) is 0 Å². The molecule has 1 aliphatic rings. The van der Waals surface area contributed by atoms with E-state index in [9.17, 15) is 0 Å². The highest BCUT2D eigenvalue weighted by molar-refractivity contribution is 5.40. The summed E-state index contributed by atoms with van der Waals surface area (Å²) >= 11 is 0. The van der Waals surface area contributed by atoms with E-state index < -0.39 is 0 Å². The predicted octanol–water partition coefficient (Wildman–Crippen LogP) is 3.07. The average Bonchev–Trinajstić information content (AvgIpc) is 2.12. The van der Waals surface area contributed by atoms with Gasteiger partial charge in [0, 0.05) is 6.04 Å². The minimum Gasteiger partial charge on any atom is -0.324 e. The van der Waals surface area contributed by atoms with Gasteiger partial charge in [-0.15, -0.1) is 0 Å². The predicted molar refractivity (Wildman–Crippen MR) is 60.4 cm³/mol. The first-order valence-corrected chi connectivity index (χ1v) is 5.37. The van der Waals surface area contributed by atoms with E-state index in [-0.39, 0.29) is 6.04 Å². The molecule has 14 heavy (non-hydrogen) atoms. The van der Waals surface area contributed by atoms with Crippen LogP contribution in [-0.4, -0.2) is 0 Å². The van der Waals surface area contributed by atoms with Gasteiger partial charge in [0.25, 0.3) is 0 Å². The van der Waals surface area contributed by atoms with Gasteiger partial charge in [0.2, 0.25) is 0 Å². The van der Waals surface area contributed by atoms with E-state index in [0.29, 0.717) is 5.41 Å². The van der Waals surface area contributed by atoms with Crippen molar-refractivity contribution in [2.24, 2.45) is 5.73 Å². The number of aryl methyl sites for hydroxylation is 1. The number of fused-ring (bicyclic) bond motifs is 1. The van der Waals surface area contributed by atoms with E-state index >= 15 is 0 Å². The number of hydrogen-bond donors (Lipinski definition) is 1. The maximum absolute atomic E-state index is 6.12. The lowest BCUT2D eigenvalue weighted by Gasteiger charge is -2.36. The molecular formula is C13H19N. The molecule has 0 fully saturated rings. The zero-order chi connectivity index (χ0) is 10.3. The number of nitrogens with two attached hydrogens (primary N) is 1. The lowest BCUT2D eigenvalue weighted by molar-refractivity contribution is 0.396. The fourth-order valence-corrected chi connectivity index (χ4v) is 2.39. The highest BCUT2D eigenvalue weighted by Crippen LogP contribution is 2.40. The zero-order valence-corrected chi connectivity index (χ0v) is 9.30. The Morgan fingerprint density at radius 1 is 1.36 bits per heavy atom. The van der Waals surface area contributed by atoms with E-state index in [2.05, 4.69) is 39.0 Å². The van der Waals surface area contributed by atoms with Crippen LogP contribution in [-0.2, 0) is 5.41 Å². The van der Waals surface area contributed by atoms with Crippen LogP contribution >= 0.6 is 0 Å². The van der Waals surface area contributed by atoms with Crippen LogP contribution in [0.4, 0.5) is 0 Å². The topological polar surface area (TPSA) is 26.0 Å². The maximum atomic E-state index is 6.12. The largest absolute Gasteiger partial charge is 0.324 e. The number of rotatable bonds is 0. The smallest absolute Gasteiger partial charge is 0.0298 e. The normalized spacial score (nSPS) is 24.4. The molecule has 0 heterocycles. The lowest BCUT2D eigenvalue weighted by Crippen LogP contribution is -2.29. The summed E-state index contributed by atoms with van der Waals surface area (Å²) in [7, 11) is 0. The first kappa shape index (κ1) is 9.72. The summed E-state index contributed by atoms with van der Waals surface area (Å²) in [6.45, 7) is 6.78. The van der Waals surface area contributed by atoms with E-state index in [0.717, 1.165) is 6.42 Å². The third kappa shape index (κ3) is 1.46. The average molecular weight is 189 g/mol. The van der Waals surface area contributed by atoms with Crippen LogP contribution in [0.15, 0.2) is 18.2 Å². The van der Waals surface area contributed by atoms with Crippen LogP contribution in [0.3, 0.4) is 0 Å². The number of benzene rings is 1. The summed E-state index contributed by atoms with van der Waals surface area (Å²) in [5, 5.41) is 0. The Balaban J connectivity index is 2.58. The van der Waals surface area contributed by atoms with Crippen LogP contribution in [0.5, 0.6) is 0 Å². The molecule has 1 nitrogen and oxygen atoms in total. The van der Waals surface area contributed by atoms with Gasteiger partial charge in [-0.25, -0.2) is 0 Å². The van der Waals surface area contributed by atoms with Gasteiger partial charge >= 0.3 is 0 Å². The van der Waals surface area contributed by atoms with Gasteiger partial charge in [0.15, 0.2) is 0 Å². The van der Waals surface area contributed by atoms with Crippen molar-refractivity contribution in [1.29, 1.82) is 0 Å². The maximum Gasteiger partial charge on any atom is 0.0298 e. The number of hydrogen-bond acceptors (Lipinski definition) is 1. The Morgan fingerprint density at radius 2 is 2.07 bits per heavy atom. The standard InChI is InChI=1S/C13H19N/c1-9-4-5-10-11(8-9)13(2,3)7-6-12(10)14/h4-5,8,12H,6-7,14H2,1-3H3. The van der Waals surface area contributed by atoms with Crippen LogP contribution in [0.2, 0.25) is 0 Å². The molecule has 0 aliphatic heterocycles. The highest BCUT2D eigenvalue weighted by Gasteiger charge is 2.30. The molecule has 1 aliphatic carbocycles. The molecule has 1 heteroatoms. The highest BCUT2D eigenvalue weighted by atomic mass is 14.6. The van der Waals surface area contributed by atoms with Crippen molar-refractivity contribution >= 4 is 0 Å². The first-order chi connectivity index (χ1) is 6.50. The Kier molecular flexibility index (Phi) is 2.15. The lowest BCUT2D eigenvalue weighted by atomic mass is 9.71. The first-order valence-electron chi connectivity index (χ1n) is 5.37. The molecule has 0 amide bonds. The van der Waals surface area contributed by atoms with Crippen molar-refractivity contribution < 1.29 is 0 Å². The van der Waals surface area contributed by atoms with Gasteiger partial charge in [-0.2, -0.15) is 0 Å². The van der Waals surface area contributed by atoms with E-state index in [1.807, 2.05) is 0 Å². The molecule has 2 N–H and O–H groups in total. The van der Waals surface area contributed by atoms with Gasteiger partial charge in [0.1, 0.15) is 0 Å². The Hall–Kier alpha value is -0.820. The van der Waals surface area contributed by atoms with Gasteiger partial charge < -0.3 is 5.73 Å². The van der Waals surface area contributed by atoms with Crippen LogP contribution < -0.4 is 5.73 Å². The molecule has 2 rings (SSSR count). The quantitative estimate of drug-likeness (QED) is 0.667. The second-order valence-electron chi connectivity index (χ2n) is 5.12. The van der Waals surface area contributed by atoms with E-state index in [4.69, 9.17) is 5.73 Å². The summed E-state index contributed by atoms with van der Waals surface area (Å²) in [6.07, 6.45) is 2.31. The van der Waals surface area contributed by atoms with Gasteiger partial charge in [0.05, 0.1) is 0 Å². The Morgan fingerprint density at radius 3 is 2.79 bits per heavy atom. The third-order valence-electron chi connectivity index (χ3n) is 3.42. The van der Waals surface area contributed by atoms with Crippen LogP contribution in [0, 0.1) is 6.92 Å². The summed E-state index contributed by atoms with van der Waals surface area (Å²) in [6, 6.07) is 6.92. The summed E-state index contributed by atoms with van der Waals surface area (Å²) in [5.74, 6) is 0. The molecule has 0 saturated heterocycles. The SMILES string of the molecule is Cc1ccc2c(c1)C(C)(C)CCC2N. The second kappa shape index (κ2) is 3.09. The summed E-state index contributed by atoms with van der Waals surface area (Å²) in [4.78, 5) is 0. The van der Waals surface area contributed by atoms with Crippen molar-refractivity contribution in [2.75, 3.05) is 0 Å². The third-order valence-corrected chi connectivity index (χ3v) is 3.42. The van der Waals surface area contributed by atoms with Crippen LogP contribution in [0.1, 0.15) is 49.4 Å². The zero-order valence-electron chi connectivity index (χ0n) is 9.30. The molecule has 0 saturated carbocycles. The molecule has 1 unspecified atom stereocenters. The fourth-order valence-electron chi connectivity index (χ4n) is 2.39.